The van der Waals surface area contributed by atoms with Crippen LogP contribution in [0.2, 0.25) is 0 Å². The average molecular weight is 337 g/mol. The van der Waals surface area contributed by atoms with Gasteiger partial charge in [-0.05, 0) is 37.9 Å². The van der Waals surface area contributed by atoms with Crippen LogP contribution in [-0.4, -0.2) is 11.5 Å². The normalized spacial score (nSPS) is 18.3. The summed E-state index contributed by atoms with van der Waals surface area (Å²) in [6, 6.07) is 8.89. The summed E-state index contributed by atoms with van der Waals surface area (Å²) in [7, 11) is 0. The van der Waals surface area contributed by atoms with Crippen LogP contribution in [0.3, 0.4) is 0 Å². The molecule has 0 amide bonds. The van der Waals surface area contributed by atoms with E-state index >= 15 is 0 Å². The maximum absolute atomic E-state index is 4.89. The zero-order chi connectivity index (χ0) is 13.2. The summed E-state index contributed by atoms with van der Waals surface area (Å²) in [5, 5.41) is 4.71. The first-order valence-corrected chi connectivity index (χ1v) is 8.38. The molecule has 0 radical (unpaired) electrons. The van der Waals surface area contributed by atoms with Gasteiger partial charge in [0.2, 0.25) is 0 Å². The summed E-state index contributed by atoms with van der Waals surface area (Å²) in [5.74, 6) is 0. The Bertz CT molecular complexity index is 562. The van der Waals surface area contributed by atoms with Gasteiger partial charge >= 0.3 is 0 Å². The lowest BCUT2D eigenvalue weighted by Gasteiger charge is -2.21. The van der Waals surface area contributed by atoms with Crippen LogP contribution in [0.15, 0.2) is 28.7 Å². The molecule has 0 spiro atoms. The van der Waals surface area contributed by atoms with Crippen LogP contribution < -0.4 is 5.32 Å². The number of nitrogens with one attached hydrogen (secondary N) is 1. The summed E-state index contributed by atoms with van der Waals surface area (Å²) < 4.78 is 1.11. The summed E-state index contributed by atoms with van der Waals surface area (Å²) >= 11 is 5.34. The Hall–Kier alpha value is -0.710. The highest BCUT2D eigenvalue weighted by atomic mass is 79.9. The van der Waals surface area contributed by atoms with Crippen LogP contribution in [0, 0.1) is 0 Å². The van der Waals surface area contributed by atoms with Crippen molar-refractivity contribution in [1.29, 1.82) is 0 Å². The van der Waals surface area contributed by atoms with Crippen LogP contribution in [0.5, 0.6) is 0 Å². The molecule has 0 saturated heterocycles. The minimum atomic E-state index is 0.453. The number of hydrogen-bond donors (Lipinski definition) is 1. The van der Waals surface area contributed by atoms with Gasteiger partial charge in [0, 0.05) is 14.9 Å². The lowest BCUT2D eigenvalue weighted by atomic mass is 9.98. The lowest BCUT2D eigenvalue weighted by Crippen LogP contribution is -2.24. The minimum Gasteiger partial charge on any atom is -0.309 e. The van der Waals surface area contributed by atoms with E-state index in [4.69, 9.17) is 4.98 Å². The summed E-state index contributed by atoms with van der Waals surface area (Å²) in [6.07, 6.45) is 3.67. The minimum absolute atomic E-state index is 0.453. The molecule has 19 heavy (non-hydrogen) atoms. The van der Waals surface area contributed by atoms with Crippen LogP contribution in [-0.2, 0) is 6.42 Å². The van der Waals surface area contributed by atoms with Gasteiger partial charge in [-0.2, -0.15) is 0 Å². The number of benzene rings is 1. The molecule has 0 saturated carbocycles. The zero-order valence-corrected chi connectivity index (χ0v) is 13.4. The number of thiazole rings is 1. The molecule has 1 aliphatic rings. The van der Waals surface area contributed by atoms with E-state index in [2.05, 4.69) is 52.4 Å². The average Bonchev–Trinajstić information content (AvgIpc) is 2.85. The highest BCUT2D eigenvalue weighted by molar-refractivity contribution is 9.10. The van der Waals surface area contributed by atoms with Crippen molar-refractivity contribution in [2.45, 2.75) is 32.2 Å². The standard InChI is InChI=1S/C15H17BrN2S/c1-2-17-12-4-3-5-13-14(12)18-15(19-13)10-6-8-11(16)9-7-10/h6-9,12,17H,2-5H2,1H3. The molecule has 100 valence electrons. The second-order valence-electron chi connectivity index (χ2n) is 4.84. The van der Waals surface area contributed by atoms with Gasteiger partial charge in [-0.25, -0.2) is 4.98 Å². The molecular weight excluding hydrogens is 320 g/mol. The van der Waals surface area contributed by atoms with E-state index in [1.54, 1.807) is 0 Å². The van der Waals surface area contributed by atoms with Crippen molar-refractivity contribution in [2.24, 2.45) is 0 Å². The Kier molecular flexibility index (Phi) is 4.01. The molecule has 0 aliphatic heterocycles. The Morgan fingerprint density at radius 1 is 1.37 bits per heavy atom. The number of aryl methyl sites for hydroxylation is 1. The summed E-state index contributed by atoms with van der Waals surface area (Å²) in [5.41, 5.74) is 2.51. The number of aromatic nitrogens is 1. The third kappa shape index (κ3) is 2.76. The maximum atomic E-state index is 4.89. The number of fused-ring (bicyclic) bond motifs is 1. The molecule has 2 aromatic rings. The van der Waals surface area contributed by atoms with E-state index < -0.39 is 0 Å². The second kappa shape index (κ2) is 5.73. The SMILES string of the molecule is CCNC1CCCc2sc(-c3ccc(Br)cc3)nc21. The van der Waals surface area contributed by atoms with E-state index in [1.807, 2.05) is 11.3 Å². The van der Waals surface area contributed by atoms with Crippen molar-refractivity contribution < 1.29 is 0 Å². The number of rotatable bonds is 3. The van der Waals surface area contributed by atoms with E-state index in [-0.39, 0.29) is 0 Å². The van der Waals surface area contributed by atoms with Crippen molar-refractivity contribution in [3.63, 3.8) is 0 Å². The highest BCUT2D eigenvalue weighted by Gasteiger charge is 2.24. The van der Waals surface area contributed by atoms with Crippen molar-refractivity contribution in [3.05, 3.63) is 39.3 Å². The first-order valence-electron chi connectivity index (χ1n) is 6.77. The van der Waals surface area contributed by atoms with Gasteiger partial charge in [0.25, 0.3) is 0 Å². The highest BCUT2D eigenvalue weighted by Crippen LogP contribution is 2.37. The Morgan fingerprint density at radius 2 is 2.16 bits per heavy atom. The fourth-order valence-corrected chi connectivity index (χ4v) is 4.01. The molecule has 1 atom stereocenters. The monoisotopic (exact) mass is 336 g/mol. The predicted octanol–water partition coefficient (Wildman–Crippen LogP) is 4.56. The summed E-state index contributed by atoms with van der Waals surface area (Å²) in [4.78, 5) is 6.36. The number of hydrogen-bond acceptors (Lipinski definition) is 3. The fourth-order valence-electron chi connectivity index (χ4n) is 2.58. The molecule has 3 rings (SSSR count). The van der Waals surface area contributed by atoms with Gasteiger partial charge in [0.15, 0.2) is 0 Å². The molecule has 0 bridgehead atoms. The third-order valence-electron chi connectivity index (χ3n) is 3.50. The fraction of sp³-hybridized carbons (Fsp3) is 0.400. The van der Waals surface area contributed by atoms with Crippen LogP contribution >= 0.6 is 27.3 Å². The molecule has 1 aromatic heterocycles. The molecule has 4 heteroatoms. The van der Waals surface area contributed by atoms with E-state index in [0.29, 0.717) is 6.04 Å². The van der Waals surface area contributed by atoms with Crippen LogP contribution in [0.4, 0.5) is 0 Å². The largest absolute Gasteiger partial charge is 0.309 e. The molecular formula is C15H17BrN2S. The van der Waals surface area contributed by atoms with Gasteiger partial charge in [0.1, 0.15) is 5.01 Å². The third-order valence-corrected chi connectivity index (χ3v) is 5.20. The predicted molar refractivity (Wildman–Crippen MR) is 84.6 cm³/mol. The van der Waals surface area contributed by atoms with Gasteiger partial charge in [-0.1, -0.05) is 35.0 Å². The van der Waals surface area contributed by atoms with Gasteiger partial charge in [-0.3, -0.25) is 0 Å². The first-order chi connectivity index (χ1) is 9.28. The van der Waals surface area contributed by atoms with Crippen molar-refractivity contribution >= 4 is 27.3 Å². The van der Waals surface area contributed by atoms with Crippen molar-refractivity contribution in [1.82, 2.24) is 10.3 Å². The lowest BCUT2D eigenvalue weighted by molar-refractivity contribution is 0.465. The number of nitrogens with zero attached hydrogens (tertiary/aromatic N) is 1. The van der Waals surface area contributed by atoms with Gasteiger partial charge in [-0.15, -0.1) is 11.3 Å². The number of halogens is 1. The topological polar surface area (TPSA) is 24.9 Å². The molecule has 2 nitrogen and oxygen atoms in total. The quantitative estimate of drug-likeness (QED) is 0.888. The second-order valence-corrected chi connectivity index (χ2v) is 6.84. The molecule has 1 N–H and O–H groups in total. The van der Waals surface area contributed by atoms with Gasteiger partial charge in [0.05, 0.1) is 11.7 Å². The van der Waals surface area contributed by atoms with Crippen LogP contribution in [0.25, 0.3) is 10.6 Å². The first kappa shape index (κ1) is 13.3. The smallest absolute Gasteiger partial charge is 0.123 e. The Labute approximate surface area is 126 Å². The maximum Gasteiger partial charge on any atom is 0.123 e. The molecule has 1 aliphatic carbocycles. The van der Waals surface area contributed by atoms with Crippen molar-refractivity contribution in [2.75, 3.05) is 6.54 Å². The zero-order valence-electron chi connectivity index (χ0n) is 10.9. The molecule has 1 unspecified atom stereocenters. The van der Waals surface area contributed by atoms with E-state index in [9.17, 15) is 0 Å². The Morgan fingerprint density at radius 3 is 2.89 bits per heavy atom. The molecule has 1 heterocycles. The van der Waals surface area contributed by atoms with Crippen LogP contribution in [0.1, 0.15) is 36.4 Å². The van der Waals surface area contributed by atoms with Gasteiger partial charge < -0.3 is 5.32 Å². The van der Waals surface area contributed by atoms with E-state index in [1.165, 1.54) is 35.4 Å². The van der Waals surface area contributed by atoms with Crippen molar-refractivity contribution in [3.8, 4) is 10.6 Å². The molecule has 0 fully saturated rings. The summed E-state index contributed by atoms with van der Waals surface area (Å²) in [6.45, 7) is 3.17. The molecule has 1 aromatic carbocycles. The Balaban J connectivity index is 1.95. The van der Waals surface area contributed by atoms with E-state index in [0.717, 1.165) is 16.0 Å².